The van der Waals surface area contributed by atoms with Crippen LogP contribution in [-0.2, 0) is 6.42 Å². The number of carbonyl (C=O) groups is 1. The highest BCUT2D eigenvalue weighted by atomic mass is 16.2. The Bertz CT molecular complexity index is 881. The summed E-state index contributed by atoms with van der Waals surface area (Å²) >= 11 is 0. The summed E-state index contributed by atoms with van der Waals surface area (Å²) in [6.07, 6.45) is 4.71. The largest absolute Gasteiger partial charge is 0.336 e. The van der Waals surface area contributed by atoms with E-state index in [4.69, 9.17) is 0 Å². The smallest absolute Gasteiger partial charge is 0.254 e. The highest BCUT2D eigenvalue weighted by molar-refractivity contribution is 6.07. The summed E-state index contributed by atoms with van der Waals surface area (Å²) in [5, 5.41) is 2.16. The van der Waals surface area contributed by atoms with E-state index in [1.54, 1.807) is 0 Å². The van der Waals surface area contributed by atoms with Gasteiger partial charge in [0.15, 0.2) is 0 Å². The Kier molecular flexibility index (Phi) is 4.93. The van der Waals surface area contributed by atoms with Crippen molar-refractivity contribution >= 4 is 16.7 Å². The van der Waals surface area contributed by atoms with Crippen LogP contribution in [-0.4, -0.2) is 53.4 Å². The molecule has 0 spiro atoms. The number of benzene rings is 2. The Morgan fingerprint density at radius 2 is 1.62 bits per heavy atom. The van der Waals surface area contributed by atoms with Gasteiger partial charge in [-0.1, -0.05) is 36.4 Å². The van der Waals surface area contributed by atoms with E-state index in [-0.39, 0.29) is 5.91 Å². The van der Waals surface area contributed by atoms with E-state index < -0.39 is 0 Å². The Balaban J connectivity index is 1.37. The number of rotatable bonds is 4. The third kappa shape index (κ3) is 3.60. The summed E-state index contributed by atoms with van der Waals surface area (Å²) < 4.78 is 0. The molecule has 0 atom stereocenters. The molecule has 1 aliphatic heterocycles. The molecule has 3 aromatic rings. The minimum Gasteiger partial charge on any atom is -0.336 e. The molecule has 1 aliphatic rings. The van der Waals surface area contributed by atoms with Crippen molar-refractivity contribution in [3.8, 4) is 0 Å². The van der Waals surface area contributed by atoms with Crippen LogP contribution in [0.25, 0.3) is 10.8 Å². The quantitative estimate of drug-likeness (QED) is 0.728. The van der Waals surface area contributed by atoms with E-state index in [1.807, 2.05) is 47.6 Å². The van der Waals surface area contributed by atoms with E-state index in [0.29, 0.717) is 0 Å². The molecule has 1 saturated heterocycles. The zero-order chi connectivity index (χ0) is 17.8. The zero-order valence-electron chi connectivity index (χ0n) is 14.8. The summed E-state index contributed by atoms with van der Waals surface area (Å²) in [5.41, 5.74) is 2.13. The lowest BCUT2D eigenvalue weighted by Crippen LogP contribution is -2.49. The van der Waals surface area contributed by atoms with Crippen LogP contribution in [0.1, 0.15) is 15.9 Å². The molecule has 132 valence electrons. The zero-order valence-corrected chi connectivity index (χ0v) is 14.8. The average molecular weight is 345 g/mol. The molecule has 2 heterocycles. The molecule has 1 aromatic heterocycles. The fourth-order valence-corrected chi connectivity index (χ4v) is 3.59. The number of amides is 1. The van der Waals surface area contributed by atoms with Gasteiger partial charge < -0.3 is 4.90 Å². The fourth-order valence-electron chi connectivity index (χ4n) is 3.59. The summed E-state index contributed by atoms with van der Waals surface area (Å²) in [6, 6.07) is 18.2. The molecular weight excluding hydrogens is 322 g/mol. The van der Waals surface area contributed by atoms with Gasteiger partial charge in [0, 0.05) is 50.7 Å². The first kappa shape index (κ1) is 16.7. The molecule has 0 bridgehead atoms. The second kappa shape index (κ2) is 7.67. The van der Waals surface area contributed by atoms with Crippen molar-refractivity contribution in [1.29, 1.82) is 0 Å². The maximum atomic E-state index is 13.0. The standard InChI is InChI=1S/C22H23N3O/c26-22(21-7-3-5-19-4-1-2-6-20(19)21)25-16-14-24(15-17-25)13-10-18-8-11-23-12-9-18/h1-9,11-12H,10,13-17H2. The molecule has 0 aliphatic carbocycles. The molecular formula is C22H23N3O. The number of nitrogens with zero attached hydrogens (tertiary/aromatic N) is 3. The van der Waals surface area contributed by atoms with Crippen molar-refractivity contribution < 1.29 is 4.79 Å². The van der Waals surface area contributed by atoms with Gasteiger partial charge in [-0.15, -0.1) is 0 Å². The molecule has 2 aromatic carbocycles. The molecule has 26 heavy (non-hydrogen) atoms. The third-order valence-electron chi connectivity index (χ3n) is 5.15. The monoisotopic (exact) mass is 345 g/mol. The van der Waals surface area contributed by atoms with Crippen molar-refractivity contribution in [2.75, 3.05) is 32.7 Å². The lowest BCUT2D eigenvalue weighted by Gasteiger charge is -2.35. The van der Waals surface area contributed by atoms with Crippen molar-refractivity contribution in [3.63, 3.8) is 0 Å². The summed E-state index contributed by atoms with van der Waals surface area (Å²) in [4.78, 5) is 21.5. The van der Waals surface area contributed by atoms with E-state index in [0.717, 1.165) is 55.5 Å². The van der Waals surface area contributed by atoms with E-state index in [2.05, 4.69) is 34.1 Å². The maximum absolute atomic E-state index is 13.0. The van der Waals surface area contributed by atoms with Crippen LogP contribution in [0.5, 0.6) is 0 Å². The summed E-state index contributed by atoms with van der Waals surface area (Å²) in [7, 11) is 0. The second-order valence-electron chi connectivity index (χ2n) is 6.77. The van der Waals surface area contributed by atoms with Crippen molar-refractivity contribution in [2.24, 2.45) is 0 Å². The molecule has 1 amide bonds. The fraction of sp³-hybridized carbons (Fsp3) is 0.273. The lowest BCUT2D eigenvalue weighted by molar-refractivity contribution is 0.0640. The Morgan fingerprint density at radius 3 is 2.42 bits per heavy atom. The highest BCUT2D eigenvalue weighted by Gasteiger charge is 2.23. The van der Waals surface area contributed by atoms with E-state index in [9.17, 15) is 4.79 Å². The van der Waals surface area contributed by atoms with Gasteiger partial charge in [0.25, 0.3) is 5.91 Å². The molecule has 4 nitrogen and oxygen atoms in total. The lowest BCUT2D eigenvalue weighted by atomic mass is 10.0. The van der Waals surface area contributed by atoms with Crippen molar-refractivity contribution in [3.05, 3.63) is 78.1 Å². The number of hydrogen-bond acceptors (Lipinski definition) is 3. The predicted octanol–water partition coefficient (Wildman–Crippen LogP) is 3.24. The van der Waals surface area contributed by atoms with Crippen LogP contribution in [0.3, 0.4) is 0 Å². The minimum atomic E-state index is 0.149. The molecule has 4 rings (SSSR count). The minimum absolute atomic E-state index is 0.149. The van der Waals surface area contributed by atoms with Crippen LogP contribution in [0.4, 0.5) is 0 Å². The number of pyridine rings is 1. The number of carbonyl (C=O) groups excluding carboxylic acids is 1. The van der Waals surface area contributed by atoms with Gasteiger partial charge in [0.2, 0.25) is 0 Å². The van der Waals surface area contributed by atoms with Gasteiger partial charge in [-0.05, 0) is 41.0 Å². The van der Waals surface area contributed by atoms with Crippen LogP contribution < -0.4 is 0 Å². The first-order chi connectivity index (χ1) is 12.8. The summed E-state index contributed by atoms with van der Waals surface area (Å²) in [6.45, 7) is 4.47. The topological polar surface area (TPSA) is 36.4 Å². The average Bonchev–Trinajstić information content (AvgIpc) is 2.72. The van der Waals surface area contributed by atoms with Crippen LogP contribution >= 0.6 is 0 Å². The van der Waals surface area contributed by atoms with Crippen LogP contribution in [0.2, 0.25) is 0 Å². The molecule has 4 heteroatoms. The Morgan fingerprint density at radius 1 is 0.885 bits per heavy atom. The van der Waals surface area contributed by atoms with Crippen molar-refractivity contribution in [2.45, 2.75) is 6.42 Å². The second-order valence-corrected chi connectivity index (χ2v) is 6.77. The van der Waals surface area contributed by atoms with Gasteiger partial charge >= 0.3 is 0 Å². The normalized spacial score (nSPS) is 15.3. The number of fused-ring (bicyclic) bond motifs is 1. The Labute approximate surface area is 154 Å². The van der Waals surface area contributed by atoms with Gasteiger partial charge in [-0.3, -0.25) is 14.7 Å². The first-order valence-electron chi connectivity index (χ1n) is 9.19. The number of aromatic nitrogens is 1. The molecule has 0 saturated carbocycles. The molecule has 0 unspecified atom stereocenters. The van der Waals surface area contributed by atoms with E-state index in [1.165, 1.54) is 5.56 Å². The van der Waals surface area contributed by atoms with E-state index >= 15 is 0 Å². The van der Waals surface area contributed by atoms with Gasteiger partial charge in [0.1, 0.15) is 0 Å². The Hall–Kier alpha value is -2.72. The number of hydrogen-bond donors (Lipinski definition) is 0. The first-order valence-corrected chi connectivity index (χ1v) is 9.19. The van der Waals surface area contributed by atoms with Crippen LogP contribution in [0, 0.1) is 0 Å². The number of piperazine rings is 1. The molecule has 0 radical (unpaired) electrons. The summed E-state index contributed by atoms with van der Waals surface area (Å²) in [5.74, 6) is 0.149. The van der Waals surface area contributed by atoms with Crippen LogP contribution in [0.15, 0.2) is 67.0 Å². The van der Waals surface area contributed by atoms with Gasteiger partial charge in [-0.2, -0.15) is 0 Å². The highest BCUT2D eigenvalue weighted by Crippen LogP contribution is 2.20. The molecule has 0 N–H and O–H groups in total. The SMILES string of the molecule is O=C(c1cccc2ccccc12)N1CCN(CCc2ccncc2)CC1. The molecule has 1 fully saturated rings. The van der Waals surface area contributed by atoms with Gasteiger partial charge in [-0.25, -0.2) is 0 Å². The van der Waals surface area contributed by atoms with Gasteiger partial charge in [0.05, 0.1) is 0 Å². The third-order valence-corrected chi connectivity index (χ3v) is 5.15. The predicted molar refractivity (Wildman–Crippen MR) is 104 cm³/mol. The van der Waals surface area contributed by atoms with Crippen molar-refractivity contribution in [1.82, 2.24) is 14.8 Å². The maximum Gasteiger partial charge on any atom is 0.254 e.